The number of nitro benzene ring substituents is 2. The Hall–Kier alpha value is -3.97. The van der Waals surface area contributed by atoms with Crippen molar-refractivity contribution in [2.75, 3.05) is 7.11 Å². The number of rotatable bonds is 7. The predicted molar refractivity (Wildman–Crippen MR) is 117 cm³/mol. The second kappa shape index (κ2) is 8.64. The smallest absolute Gasteiger partial charge is 0.290 e. The van der Waals surface area contributed by atoms with E-state index in [0.29, 0.717) is 16.3 Å². The summed E-state index contributed by atoms with van der Waals surface area (Å²) in [6, 6.07) is 14.8. The number of nitrogens with zero attached hydrogens (tertiary/aromatic N) is 4. The Balaban J connectivity index is 1.84. The minimum absolute atomic E-state index is 0.179. The lowest BCUT2D eigenvalue weighted by Gasteiger charge is -2.12. The number of nitriles is 1. The van der Waals surface area contributed by atoms with Crippen LogP contribution >= 0.6 is 11.8 Å². The average Bonchev–Trinajstić information content (AvgIpc) is 3.64. The van der Waals surface area contributed by atoms with Gasteiger partial charge >= 0.3 is 0 Å². The fourth-order valence-electron chi connectivity index (χ4n) is 3.26. The highest BCUT2D eigenvalue weighted by atomic mass is 32.2. The summed E-state index contributed by atoms with van der Waals surface area (Å²) in [4.78, 5) is 26.0. The lowest BCUT2D eigenvalue weighted by Crippen LogP contribution is -1.99. The van der Waals surface area contributed by atoms with Crippen molar-refractivity contribution in [1.82, 2.24) is 4.98 Å². The Bertz CT molecular complexity index is 1270. The van der Waals surface area contributed by atoms with Gasteiger partial charge in [-0.15, -0.1) is 0 Å². The van der Waals surface area contributed by atoms with Crippen LogP contribution in [0.25, 0.3) is 11.1 Å². The molecule has 0 bridgehead atoms. The van der Waals surface area contributed by atoms with Gasteiger partial charge in [0.25, 0.3) is 11.4 Å². The molecule has 1 aliphatic carbocycles. The third kappa shape index (κ3) is 4.24. The Morgan fingerprint density at radius 3 is 2.38 bits per heavy atom. The van der Waals surface area contributed by atoms with Gasteiger partial charge in [0.15, 0.2) is 0 Å². The van der Waals surface area contributed by atoms with Crippen molar-refractivity contribution in [2.24, 2.45) is 0 Å². The largest absolute Gasteiger partial charge is 0.497 e. The van der Waals surface area contributed by atoms with Crippen LogP contribution in [0.5, 0.6) is 5.75 Å². The third-order valence-corrected chi connectivity index (χ3v) is 6.13. The number of non-ortho nitro benzene ring substituents is 1. The fourth-order valence-corrected chi connectivity index (χ4v) is 4.25. The SMILES string of the molecule is COc1ccc(-c2cc(C3CC3)nc(Sc3ccc([N+](=O)[O-])cc3[N+](=O)[O-])c2C#N)cc1. The molecular formula is C22H16N4O5S. The lowest BCUT2D eigenvalue weighted by molar-refractivity contribution is -0.396. The number of methoxy groups -OCH3 is 1. The first-order chi connectivity index (χ1) is 15.4. The van der Waals surface area contributed by atoms with Crippen molar-refractivity contribution >= 4 is 23.1 Å². The molecule has 3 aromatic rings. The predicted octanol–water partition coefficient (Wildman–Crippen LogP) is 5.47. The zero-order valence-electron chi connectivity index (χ0n) is 16.8. The molecule has 1 aromatic heterocycles. The molecule has 4 rings (SSSR count). The molecule has 0 N–H and O–H groups in total. The summed E-state index contributed by atoms with van der Waals surface area (Å²) in [7, 11) is 1.57. The van der Waals surface area contributed by atoms with Gasteiger partial charge in [-0.3, -0.25) is 20.2 Å². The average molecular weight is 448 g/mol. The van der Waals surface area contributed by atoms with Crippen LogP contribution in [0.3, 0.4) is 0 Å². The van der Waals surface area contributed by atoms with Crippen LogP contribution in [0.1, 0.15) is 30.0 Å². The van der Waals surface area contributed by atoms with E-state index in [1.54, 1.807) is 19.2 Å². The summed E-state index contributed by atoms with van der Waals surface area (Å²) < 4.78 is 5.21. The van der Waals surface area contributed by atoms with Gasteiger partial charge in [0.2, 0.25) is 0 Å². The second-order valence-electron chi connectivity index (χ2n) is 7.16. The molecule has 32 heavy (non-hydrogen) atoms. The van der Waals surface area contributed by atoms with Crippen LogP contribution in [0.4, 0.5) is 11.4 Å². The molecule has 160 valence electrons. The van der Waals surface area contributed by atoms with E-state index in [-0.39, 0.29) is 22.1 Å². The topological polar surface area (TPSA) is 132 Å². The fraction of sp³-hybridized carbons (Fsp3) is 0.182. The Labute approximate surface area is 187 Å². The zero-order valence-corrected chi connectivity index (χ0v) is 17.7. The Morgan fingerprint density at radius 2 is 1.81 bits per heavy atom. The monoisotopic (exact) mass is 448 g/mol. The van der Waals surface area contributed by atoms with E-state index in [1.165, 1.54) is 12.1 Å². The first-order valence-electron chi connectivity index (χ1n) is 9.61. The van der Waals surface area contributed by atoms with Gasteiger partial charge in [0.05, 0.1) is 33.5 Å². The molecule has 0 unspecified atom stereocenters. The normalized spacial score (nSPS) is 12.8. The maximum Gasteiger partial charge on any atom is 0.290 e. The van der Waals surface area contributed by atoms with Crippen molar-refractivity contribution < 1.29 is 14.6 Å². The van der Waals surface area contributed by atoms with Gasteiger partial charge in [-0.25, -0.2) is 4.98 Å². The zero-order chi connectivity index (χ0) is 22.8. The van der Waals surface area contributed by atoms with Gasteiger partial charge in [0.1, 0.15) is 16.8 Å². The molecule has 0 aliphatic heterocycles. The number of ether oxygens (including phenoxy) is 1. The van der Waals surface area contributed by atoms with E-state index in [0.717, 1.165) is 41.9 Å². The van der Waals surface area contributed by atoms with E-state index in [2.05, 4.69) is 11.1 Å². The maximum atomic E-state index is 11.5. The van der Waals surface area contributed by atoms with Crippen molar-refractivity contribution in [1.29, 1.82) is 5.26 Å². The van der Waals surface area contributed by atoms with Crippen LogP contribution in [0.2, 0.25) is 0 Å². The van der Waals surface area contributed by atoms with Crippen LogP contribution in [-0.4, -0.2) is 21.9 Å². The van der Waals surface area contributed by atoms with E-state index >= 15 is 0 Å². The van der Waals surface area contributed by atoms with Crippen LogP contribution in [0, 0.1) is 31.6 Å². The molecule has 0 spiro atoms. The molecule has 1 heterocycles. The van der Waals surface area contributed by atoms with Crippen LogP contribution in [-0.2, 0) is 0 Å². The molecule has 2 aromatic carbocycles. The van der Waals surface area contributed by atoms with Crippen molar-refractivity contribution in [3.63, 3.8) is 0 Å². The molecule has 10 heteroatoms. The summed E-state index contributed by atoms with van der Waals surface area (Å²) in [6.45, 7) is 0. The minimum atomic E-state index is -0.685. The number of hydrogen-bond acceptors (Lipinski definition) is 8. The lowest BCUT2D eigenvalue weighted by atomic mass is 10.00. The number of pyridine rings is 1. The molecule has 9 nitrogen and oxygen atoms in total. The molecule has 0 saturated heterocycles. The number of aromatic nitrogens is 1. The van der Waals surface area contributed by atoms with Gasteiger partial charge in [0, 0.05) is 23.2 Å². The van der Waals surface area contributed by atoms with E-state index in [9.17, 15) is 25.5 Å². The van der Waals surface area contributed by atoms with Crippen LogP contribution in [0.15, 0.2) is 58.5 Å². The summed E-state index contributed by atoms with van der Waals surface area (Å²) in [5.41, 5.74) is 1.81. The molecule has 1 fully saturated rings. The summed E-state index contributed by atoms with van der Waals surface area (Å²) in [6.07, 6.45) is 1.98. The molecule has 0 radical (unpaired) electrons. The molecular weight excluding hydrogens is 432 g/mol. The second-order valence-corrected chi connectivity index (χ2v) is 8.19. The molecule has 0 atom stereocenters. The van der Waals surface area contributed by atoms with E-state index in [1.807, 2.05) is 18.2 Å². The van der Waals surface area contributed by atoms with Crippen LogP contribution < -0.4 is 4.74 Å². The van der Waals surface area contributed by atoms with Gasteiger partial charge in [-0.2, -0.15) is 5.26 Å². The molecule has 1 aliphatic rings. The van der Waals surface area contributed by atoms with Crippen molar-refractivity contribution in [2.45, 2.75) is 28.7 Å². The highest BCUT2D eigenvalue weighted by Gasteiger charge is 2.29. The van der Waals surface area contributed by atoms with E-state index < -0.39 is 15.5 Å². The van der Waals surface area contributed by atoms with E-state index in [4.69, 9.17) is 4.74 Å². The highest BCUT2D eigenvalue weighted by molar-refractivity contribution is 7.99. The summed E-state index contributed by atoms with van der Waals surface area (Å²) >= 11 is 0.967. The third-order valence-electron chi connectivity index (χ3n) is 5.07. The molecule has 0 amide bonds. The van der Waals surface area contributed by atoms with Gasteiger partial charge in [-0.05, 0) is 42.7 Å². The van der Waals surface area contributed by atoms with Crippen molar-refractivity contribution in [3.8, 4) is 22.9 Å². The number of nitro groups is 2. The first-order valence-corrected chi connectivity index (χ1v) is 10.4. The number of hydrogen-bond donors (Lipinski definition) is 0. The highest BCUT2D eigenvalue weighted by Crippen LogP contribution is 2.45. The maximum absolute atomic E-state index is 11.5. The quantitative estimate of drug-likeness (QED) is 0.343. The minimum Gasteiger partial charge on any atom is -0.497 e. The number of benzene rings is 2. The van der Waals surface area contributed by atoms with Crippen molar-refractivity contribution in [3.05, 3.63) is 80.0 Å². The standard InChI is InChI=1S/C22H16N4O5S/c1-31-16-7-4-13(5-8-16)17-11-19(14-2-3-14)24-22(18(17)12-23)32-21-9-6-15(25(27)28)10-20(21)26(29)30/h4-11,14H,2-3H2,1H3. The van der Waals surface area contributed by atoms with Gasteiger partial charge in [-0.1, -0.05) is 23.9 Å². The molecule has 1 saturated carbocycles. The Kier molecular flexibility index (Phi) is 5.75. The van der Waals surface area contributed by atoms with Gasteiger partial charge < -0.3 is 4.74 Å². The first kappa shape index (κ1) is 21.3. The summed E-state index contributed by atoms with van der Waals surface area (Å²) in [5, 5.41) is 32.8. The Morgan fingerprint density at radius 1 is 1.09 bits per heavy atom. The summed E-state index contributed by atoms with van der Waals surface area (Å²) in [5.74, 6) is 0.964.